The molecule has 4 nitrogen and oxygen atoms in total. The molecule has 0 radical (unpaired) electrons. The molecule has 0 fully saturated rings. The lowest BCUT2D eigenvalue weighted by Crippen LogP contribution is -2.13. The van der Waals surface area contributed by atoms with Crippen LogP contribution in [0.15, 0.2) is 39.8 Å². The first-order valence-electron chi connectivity index (χ1n) is 6.08. The van der Waals surface area contributed by atoms with Crippen LogP contribution < -0.4 is 5.56 Å². The molecule has 96 valence electrons. The Morgan fingerprint density at radius 3 is 3.05 bits per heavy atom. The molecule has 1 aliphatic carbocycles. The molecule has 0 amide bonds. The summed E-state index contributed by atoms with van der Waals surface area (Å²) in [6, 6.07) is 3.43. The fraction of sp³-hybridized carbons (Fsp3) is 0.214. The third-order valence-corrected chi connectivity index (χ3v) is 3.58. The van der Waals surface area contributed by atoms with Crippen molar-refractivity contribution >= 4 is 28.2 Å². The van der Waals surface area contributed by atoms with Crippen LogP contribution in [0.5, 0.6) is 0 Å². The highest BCUT2D eigenvalue weighted by Gasteiger charge is 2.17. The summed E-state index contributed by atoms with van der Waals surface area (Å²) in [4.78, 5) is 23.4. The van der Waals surface area contributed by atoms with E-state index in [0.717, 1.165) is 29.0 Å². The number of rotatable bonds is 1. The van der Waals surface area contributed by atoms with Gasteiger partial charge in [0, 0.05) is 16.8 Å². The van der Waals surface area contributed by atoms with Crippen molar-refractivity contribution in [1.29, 1.82) is 0 Å². The van der Waals surface area contributed by atoms with E-state index in [1.165, 1.54) is 0 Å². The van der Waals surface area contributed by atoms with Crippen molar-refractivity contribution < 1.29 is 0 Å². The van der Waals surface area contributed by atoms with Crippen molar-refractivity contribution in [3.05, 3.63) is 51.2 Å². The molecule has 0 unspecified atom stereocenters. The van der Waals surface area contributed by atoms with Gasteiger partial charge in [0.15, 0.2) is 5.65 Å². The fourth-order valence-corrected chi connectivity index (χ4v) is 2.61. The number of halogens is 1. The third kappa shape index (κ3) is 2.08. The summed E-state index contributed by atoms with van der Waals surface area (Å²) in [7, 11) is 0. The Bertz CT molecular complexity index is 774. The van der Waals surface area contributed by atoms with Gasteiger partial charge in [0.1, 0.15) is 5.82 Å². The smallest absolute Gasteiger partial charge is 0.260 e. The van der Waals surface area contributed by atoms with Crippen LogP contribution in [0.2, 0.25) is 0 Å². The van der Waals surface area contributed by atoms with Crippen molar-refractivity contribution in [2.45, 2.75) is 19.8 Å². The normalized spacial score (nSPS) is 15.8. The Hall–Kier alpha value is -1.94. The van der Waals surface area contributed by atoms with Gasteiger partial charge in [-0.2, -0.15) is 0 Å². The maximum atomic E-state index is 12.0. The molecule has 0 saturated carbocycles. The number of aromatic nitrogens is 3. The van der Waals surface area contributed by atoms with Crippen LogP contribution in [0.1, 0.15) is 25.6 Å². The van der Waals surface area contributed by atoms with Gasteiger partial charge in [0.2, 0.25) is 0 Å². The summed E-state index contributed by atoms with van der Waals surface area (Å²) in [5, 5.41) is 1.22. The Labute approximate surface area is 114 Å². The Morgan fingerprint density at radius 2 is 2.26 bits per heavy atom. The van der Waals surface area contributed by atoms with Gasteiger partial charge in [-0.25, -0.2) is 9.97 Å². The van der Waals surface area contributed by atoms with Gasteiger partial charge in [0.25, 0.3) is 5.56 Å². The maximum absolute atomic E-state index is 12.0. The molecule has 1 aliphatic rings. The molecule has 0 bridgehead atoms. The standard InChI is InChI=1S/C14H12ClN3O/c1-8-4-2-6-10(15)11(8)13-17-12-9(14(19)18-13)5-3-7-16-12/h3-5,7H,2,6H2,1H3,(H,16,17,18,19). The van der Waals surface area contributed by atoms with Crippen LogP contribution in [-0.2, 0) is 0 Å². The molecule has 0 saturated heterocycles. The number of aromatic amines is 1. The lowest BCUT2D eigenvalue weighted by molar-refractivity contribution is 0.988. The second kappa shape index (κ2) is 4.63. The quantitative estimate of drug-likeness (QED) is 0.869. The molecule has 0 atom stereocenters. The van der Waals surface area contributed by atoms with Crippen LogP contribution >= 0.6 is 11.6 Å². The molecule has 5 heteroatoms. The summed E-state index contributed by atoms with van der Waals surface area (Å²) < 4.78 is 0. The Kier molecular flexibility index (Phi) is 2.95. The summed E-state index contributed by atoms with van der Waals surface area (Å²) >= 11 is 6.27. The molecule has 19 heavy (non-hydrogen) atoms. The molecule has 0 aliphatic heterocycles. The number of hydrogen-bond donors (Lipinski definition) is 1. The fourth-order valence-electron chi connectivity index (χ4n) is 2.26. The number of pyridine rings is 1. The van der Waals surface area contributed by atoms with E-state index < -0.39 is 0 Å². The third-order valence-electron chi connectivity index (χ3n) is 3.20. The topological polar surface area (TPSA) is 58.6 Å². The minimum atomic E-state index is -0.191. The van der Waals surface area contributed by atoms with E-state index >= 15 is 0 Å². The van der Waals surface area contributed by atoms with E-state index in [1.807, 2.05) is 6.92 Å². The summed E-state index contributed by atoms with van der Waals surface area (Å²) in [5.41, 5.74) is 2.10. The number of nitrogens with zero attached hydrogens (tertiary/aromatic N) is 2. The van der Waals surface area contributed by atoms with E-state index in [9.17, 15) is 4.79 Å². The van der Waals surface area contributed by atoms with Crippen molar-refractivity contribution in [2.24, 2.45) is 0 Å². The van der Waals surface area contributed by atoms with E-state index in [0.29, 0.717) is 16.9 Å². The van der Waals surface area contributed by atoms with Crippen molar-refractivity contribution in [2.75, 3.05) is 0 Å². The van der Waals surface area contributed by atoms with Crippen LogP contribution in [0.25, 0.3) is 16.6 Å². The number of H-pyrrole nitrogens is 1. The predicted octanol–water partition coefficient (Wildman–Crippen LogP) is 3.01. The lowest BCUT2D eigenvalue weighted by atomic mass is 9.98. The minimum Gasteiger partial charge on any atom is -0.306 e. The van der Waals surface area contributed by atoms with Crippen LogP contribution in [-0.4, -0.2) is 15.0 Å². The molecular weight excluding hydrogens is 262 g/mol. The van der Waals surface area contributed by atoms with Crippen molar-refractivity contribution in [3.63, 3.8) is 0 Å². The highest BCUT2D eigenvalue weighted by atomic mass is 35.5. The number of fused-ring (bicyclic) bond motifs is 1. The predicted molar refractivity (Wildman–Crippen MR) is 75.9 cm³/mol. The average molecular weight is 274 g/mol. The molecule has 1 N–H and O–H groups in total. The average Bonchev–Trinajstić information content (AvgIpc) is 2.38. The maximum Gasteiger partial charge on any atom is 0.260 e. The van der Waals surface area contributed by atoms with Crippen LogP contribution in [0.4, 0.5) is 0 Å². The van der Waals surface area contributed by atoms with Crippen LogP contribution in [0, 0.1) is 0 Å². The molecule has 0 spiro atoms. The zero-order valence-corrected chi connectivity index (χ0v) is 11.2. The number of hydrogen-bond acceptors (Lipinski definition) is 3. The lowest BCUT2D eigenvalue weighted by Gasteiger charge is -2.15. The van der Waals surface area contributed by atoms with E-state index in [1.54, 1.807) is 18.3 Å². The van der Waals surface area contributed by atoms with Crippen molar-refractivity contribution in [3.8, 4) is 0 Å². The van der Waals surface area contributed by atoms with E-state index in [4.69, 9.17) is 11.6 Å². The molecule has 2 aromatic rings. The van der Waals surface area contributed by atoms with E-state index in [-0.39, 0.29) is 5.56 Å². The molecule has 2 heterocycles. The molecule has 0 aromatic carbocycles. The first-order chi connectivity index (χ1) is 9.16. The zero-order chi connectivity index (χ0) is 13.4. The Morgan fingerprint density at radius 1 is 1.42 bits per heavy atom. The van der Waals surface area contributed by atoms with Gasteiger partial charge < -0.3 is 4.98 Å². The van der Waals surface area contributed by atoms with Gasteiger partial charge in [-0.3, -0.25) is 4.79 Å². The molecular formula is C14H12ClN3O. The van der Waals surface area contributed by atoms with Gasteiger partial charge in [-0.1, -0.05) is 17.7 Å². The molecule has 2 aromatic heterocycles. The second-order valence-electron chi connectivity index (χ2n) is 4.49. The van der Waals surface area contributed by atoms with Crippen LogP contribution in [0.3, 0.4) is 0 Å². The van der Waals surface area contributed by atoms with Gasteiger partial charge in [-0.05, 0) is 37.5 Å². The van der Waals surface area contributed by atoms with Gasteiger partial charge in [0.05, 0.1) is 5.39 Å². The summed E-state index contributed by atoms with van der Waals surface area (Å²) in [6.07, 6.45) is 5.42. The first kappa shape index (κ1) is 12.1. The summed E-state index contributed by atoms with van der Waals surface area (Å²) in [6.45, 7) is 1.97. The highest BCUT2D eigenvalue weighted by Crippen LogP contribution is 2.33. The van der Waals surface area contributed by atoms with E-state index in [2.05, 4.69) is 21.0 Å². The van der Waals surface area contributed by atoms with Crippen molar-refractivity contribution in [1.82, 2.24) is 15.0 Å². The number of nitrogens with one attached hydrogen (secondary N) is 1. The second-order valence-corrected chi connectivity index (χ2v) is 4.95. The Balaban J connectivity index is 2.27. The number of allylic oxidation sites excluding steroid dienone is 4. The molecule has 3 rings (SSSR count). The highest BCUT2D eigenvalue weighted by molar-refractivity contribution is 6.33. The first-order valence-corrected chi connectivity index (χ1v) is 6.46. The largest absolute Gasteiger partial charge is 0.306 e. The zero-order valence-electron chi connectivity index (χ0n) is 10.4. The summed E-state index contributed by atoms with van der Waals surface area (Å²) in [5.74, 6) is 0.495. The van der Waals surface area contributed by atoms with Gasteiger partial charge in [-0.15, -0.1) is 0 Å². The minimum absolute atomic E-state index is 0.191. The van der Waals surface area contributed by atoms with Gasteiger partial charge >= 0.3 is 0 Å². The monoisotopic (exact) mass is 273 g/mol. The SMILES string of the molecule is CC1=CCCC(Cl)=C1c1nc2ncccc2c(=O)[nH]1.